The van der Waals surface area contributed by atoms with Crippen molar-refractivity contribution < 1.29 is 14.7 Å². The first-order valence-corrected chi connectivity index (χ1v) is 10.1. The van der Waals surface area contributed by atoms with E-state index in [4.69, 9.17) is 16.7 Å². The molecule has 1 amide bonds. The molecule has 0 bridgehead atoms. The number of aliphatic hydroxyl groups is 1. The van der Waals surface area contributed by atoms with Gasteiger partial charge in [-0.1, -0.05) is 36.4 Å². The van der Waals surface area contributed by atoms with Gasteiger partial charge in [-0.15, -0.1) is 0 Å². The molecule has 9 heteroatoms. The molecule has 0 unspecified atom stereocenters. The Hall–Kier alpha value is -2.97. The Morgan fingerprint density at radius 3 is 2.93 bits per heavy atom. The number of piperidine rings is 1. The lowest BCUT2D eigenvalue weighted by Crippen LogP contribution is -2.46. The Kier molecular flexibility index (Phi) is 7.37. The second kappa shape index (κ2) is 10.2. The molecule has 0 spiro atoms. The third kappa shape index (κ3) is 5.55. The van der Waals surface area contributed by atoms with Crippen LogP contribution in [0.25, 0.3) is 0 Å². The molecule has 8 nitrogen and oxygen atoms in total. The van der Waals surface area contributed by atoms with Crippen LogP contribution in [0.3, 0.4) is 0 Å². The van der Waals surface area contributed by atoms with Gasteiger partial charge in [0.1, 0.15) is 11.6 Å². The lowest BCUT2D eigenvalue weighted by molar-refractivity contribution is -0.135. The third-order valence-electron chi connectivity index (χ3n) is 4.85. The second-order valence-electron chi connectivity index (χ2n) is 7.00. The SMILES string of the molecule is C=CC(=O)Cc1ccccc1Nc1nc(N[C@H]2CCCN(C(=O)CO)C2)ncc1Cl. The van der Waals surface area contributed by atoms with Crippen molar-refractivity contribution in [1.29, 1.82) is 0 Å². The summed E-state index contributed by atoms with van der Waals surface area (Å²) in [5.74, 6) is 0.419. The van der Waals surface area contributed by atoms with Crippen LogP contribution in [-0.4, -0.2) is 57.4 Å². The molecular formula is C21H24ClN5O3. The Bertz CT molecular complexity index is 937. The molecule has 30 heavy (non-hydrogen) atoms. The predicted molar refractivity (Wildman–Crippen MR) is 116 cm³/mol. The summed E-state index contributed by atoms with van der Waals surface area (Å²) in [5.41, 5.74) is 1.52. The van der Waals surface area contributed by atoms with E-state index in [-0.39, 0.29) is 24.2 Å². The molecule has 1 saturated heterocycles. The minimum absolute atomic E-state index is 0.0271. The Morgan fingerprint density at radius 1 is 1.37 bits per heavy atom. The molecule has 3 rings (SSSR count). The number of aromatic nitrogens is 2. The number of aliphatic hydroxyl groups excluding tert-OH is 1. The van der Waals surface area contributed by atoms with Crippen LogP contribution < -0.4 is 10.6 Å². The number of nitrogens with one attached hydrogen (secondary N) is 2. The topological polar surface area (TPSA) is 107 Å². The average Bonchev–Trinajstić information content (AvgIpc) is 2.76. The first-order chi connectivity index (χ1) is 14.5. The van der Waals surface area contributed by atoms with Gasteiger partial charge in [-0.25, -0.2) is 4.98 Å². The van der Waals surface area contributed by atoms with E-state index in [1.807, 2.05) is 24.3 Å². The fraction of sp³-hybridized carbons (Fsp3) is 0.333. The highest BCUT2D eigenvalue weighted by molar-refractivity contribution is 6.32. The maximum absolute atomic E-state index is 11.8. The summed E-state index contributed by atoms with van der Waals surface area (Å²) in [5, 5.41) is 15.8. The molecule has 2 heterocycles. The minimum Gasteiger partial charge on any atom is -0.387 e. The van der Waals surface area contributed by atoms with E-state index in [1.165, 1.54) is 12.3 Å². The zero-order valence-corrected chi connectivity index (χ0v) is 17.2. The normalized spacial score (nSPS) is 16.1. The van der Waals surface area contributed by atoms with Gasteiger partial charge in [0.05, 0.1) is 6.20 Å². The van der Waals surface area contributed by atoms with Gasteiger partial charge in [0.15, 0.2) is 11.6 Å². The number of hydrogen-bond donors (Lipinski definition) is 3. The van der Waals surface area contributed by atoms with Gasteiger partial charge < -0.3 is 20.6 Å². The number of benzene rings is 1. The number of para-hydroxylation sites is 1. The number of amides is 1. The summed E-state index contributed by atoms with van der Waals surface area (Å²) in [6.07, 6.45) is 4.70. The molecule has 2 aromatic rings. The standard InChI is InChI=1S/C21H24ClN5O3/c1-2-16(29)10-14-6-3-4-8-18(14)25-20-17(22)11-23-21(26-20)24-15-7-5-9-27(12-15)19(30)13-28/h2-4,6,8,11,15,28H,1,5,7,9-10,12-13H2,(H2,23,24,25,26)/t15-/m0/s1. The molecule has 1 atom stereocenters. The Labute approximate surface area is 180 Å². The predicted octanol–water partition coefficient (Wildman–Crippen LogP) is 2.57. The fourth-order valence-electron chi connectivity index (χ4n) is 3.31. The second-order valence-corrected chi connectivity index (χ2v) is 7.41. The van der Waals surface area contributed by atoms with E-state index in [0.717, 1.165) is 24.1 Å². The van der Waals surface area contributed by atoms with Gasteiger partial charge in [0.25, 0.3) is 0 Å². The number of halogens is 1. The van der Waals surface area contributed by atoms with Gasteiger partial charge in [-0.05, 0) is 30.5 Å². The summed E-state index contributed by atoms with van der Waals surface area (Å²) in [6.45, 7) is 4.12. The third-order valence-corrected chi connectivity index (χ3v) is 5.13. The van der Waals surface area contributed by atoms with Gasteiger partial charge in [-0.3, -0.25) is 9.59 Å². The number of carbonyl (C=O) groups is 2. The maximum atomic E-state index is 11.8. The van der Waals surface area contributed by atoms with Crippen LogP contribution in [0.2, 0.25) is 5.02 Å². The fourth-order valence-corrected chi connectivity index (χ4v) is 3.45. The van der Waals surface area contributed by atoms with Gasteiger partial charge in [0.2, 0.25) is 11.9 Å². The molecule has 158 valence electrons. The summed E-state index contributed by atoms with van der Waals surface area (Å²) < 4.78 is 0. The summed E-state index contributed by atoms with van der Waals surface area (Å²) in [7, 11) is 0. The van der Waals surface area contributed by atoms with Crippen molar-refractivity contribution in [3.8, 4) is 0 Å². The summed E-state index contributed by atoms with van der Waals surface area (Å²) in [6, 6.07) is 7.38. The van der Waals surface area contributed by atoms with Crippen LogP contribution in [0, 0.1) is 0 Å². The number of anilines is 3. The minimum atomic E-state index is -0.494. The number of carbonyl (C=O) groups excluding carboxylic acids is 2. The van der Waals surface area contributed by atoms with Crippen molar-refractivity contribution in [1.82, 2.24) is 14.9 Å². The first-order valence-electron chi connectivity index (χ1n) is 9.68. The molecule has 1 aliphatic heterocycles. The molecule has 3 N–H and O–H groups in total. The zero-order chi connectivity index (χ0) is 21.5. The van der Waals surface area contributed by atoms with Crippen LogP contribution in [0.1, 0.15) is 18.4 Å². The lowest BCUT2D eigenvalue weighted by atomic mass is 10.1. The number of nitrogens with zero attached hydrogens (tertiary/aromatic N) is 3. The number of allylic oxidation sites excluding steroid dienone is 1. The Balaban J connectivity index is 1.74. The molecule has 1 aromatic carbocycles. The summed E-state index contributed by atoms with van der Waals surface area (Å²) in [4.78, 5) is 33.9. The Morgan fingerprint density at radius 2 is 2.17 bits per heavy atom. The number of likely N-dealkylation sites (tertiary alicyclic amines) is 1. The highest BCUT2D eigenvalue weighted by Crippen LogP contribution is 2.27. The summed E-state index contributed by atoms with van der Waals surface area (Å²) >= 11 is 6.28. The lowest BCUT2D eigenvalue weighted by Gasteiger charge is -2.32. The van der Waals surface area contributed by atoms with Crippen LogP contribution in [0.4, 0.5) is 17.5 Å². The van der Waals surface area contributed by atoms with E-state index in [1.54, 1.807) is 4.90 Å². The van der Waals surface area contributed by atoms with Gasteiger partial charge in [-0.2, -0.15) is 4.98 Å². The molecule has 1 fully saturated rings. The van der Waals surface area contributed by atoms with Crippen molar-refractivity contribution in [3.05, 3.63) is 53.7 Å². The van der Waals surface area contributed by atoms with E-state index in [9.17, 15) is 9.59 Å². The average molecular weight is 430 g/mol. The van der Waals surface area contributed by atoms with Crippen LogP contribution in [0.5, 0.6) is 0 Å². The van der Waals surface area contributed by atoms with Crippen LogP contribution in [-0.2, 0) is 16.0 Å². The van der Waals surface area contributed by atoms with E-state index >= 15 is 0 Å². The number of rotatable bonds is 8. The van der Waals surface area contributed by atoms with Gasteiger partial charge >= 0.3 is 0 Å². The molecular weight excluding hydrogens is 406 g/mol. The smallest absolute Gasteiger partial charge is 0.248 e. The van der Waals surface area contributed by atoms with Crippen molar-refractivity contribution in [3.63, 3.8) is 0 Å². The zero-order valence-electron chi connectivity index (χ0n) is 16.5. The first kappa shape index (κ1) is 21.7. The van der Waals surface area contributed by atoms with Crippen molar-refractivity contribution in [2.24, 2.45) is 0 Å². The van der Waals surface area contributed by atoms with Crippen LogP contribution >= 0.6 is 11.6 Å². The van der Waals surface area contributed by atoms with E-state index in [2.05, 4.69) is 27.2 Å². The van der Waals surface area contributed by atoms with Crippen LogP contribution in [0.15, 0.2) is 43.1 Å². The van der Waals surface area contributed by atoms with E-state index in [0.29, 0.717) is 29.9 Å². The monoisotopic (exact) mass is 429 g/mol. The molecule has 0 aliphatic carbocycles. The number of hydrogen-bond acceptors (Lipinski definition) is 7. The maximum Gasteiger partial charge on any atom is 0.248 e. The van der Waals surface area contributed by atoms with Crippen molar-refractivity contribution in [2.75, 3.05) is 30.3 Å². The molecule has 1 aromatic heterocycles. The highest BCUT2D eigenvalue weighted by atomic mass is 35.5. The molecule has 0 saturated carbocycles. The largest absolute Gasteiger partial charge is 0.387 e. The molecule has 0 radical (unpaired) electrons. The van der Waals surface area contributed by atoms with Crippen molar-refractivity contribution >= 4 is 40.7 Å². The highest BCUT2D eigenvalue weighted by Gasteiger charge is 2.23. The quantitative estimate of drug-likeness (QED) is 0.553. The van der Waals surface area contributed by atoms with Gasteiger partial charge in [0, 0.05) is 31.2 Å². The van der Waals surface area contributed by atoms with Crippen molar-refractivity contribution in [2.45, 2.75) is 25.3 Å². The van der Waals surface area contributed by atoms with E-state index < -0.39 is 6.61 Å². The number of ketones is 1. The molecule has 1 aliphatic rings.